The summed E-state index contributed by atoms with van der Waals surface area (Å²) in [6.07, 6.45) is 2.22. The van der Waals surface area contributed by atoms with E-state index in [9.17, 15) is 21.6 Å². The lowest BCUT2D eigenvalue weighted by molar-refractivity contribution is -0.120. The Hall–Kier alpha value is -2.14. The van der Waals surface area contributed by atoms with Crippen LogP contribution < -0.4 is 9.62 Å². The molecule has 32 heavy (non-hydrogen) atoms. The number of halogens is 1. The van der Waals surface area contributed by atoms with E-state index in [4.69, 9.17) is 11.6 Å². The molecule has 1 atom stereocenters. The Kier molecular flexibility index (Phi) is 7.49. The first-order chi connectivity index (χ1) is 15.0. The van der Waals surface area contributed by atoms with Gasteiger partial charge < -0.3 is 5.32 Å². The fraction of sp³-hybridized carbons (Fsp3) is 0.381. The first-order valence-corrected chi connectivity index (χ1v) is 13.9. The van der Waals surface area contributed by atoms with E-state index in [1.54, 1.807) is 48.5 Å². The van der Waals surface area contributed by atoms with Gasteiger partial charge in [0.25, 0.3) is 0 Å². The van der Waals surface area contributed by atoms with Gasteiger partial charge in [0.05, 0.1) is 23.6 Å². The zero-order chi connectivity index (χ0) is 23.5. The summed E-state index contributed by atoms with van der Waals surface area (Å²) in [4.78, 5) is 12.8. The van der Waals surface area contributed by atoms with Gasteiger partial charge in [-0.3, -0.25) is 9.10 Å². The number of nitrogens with one attached hydrogen (secondary N) is 1. The fourth-order valence-electron chi connectivity index (χ4n) is 3.53. The minimum absolute atomic E-state index is 0.0849. The Morgan fingerprint density at radius 1 is 1.16 bits per heavy atom. The first kappa shape index (κ1) is 24.5. The number of nitrogens with zero attached hydrogens (tertiary/aromatic N) is 2. The molecular formula is C21H26ClN3O5S2. The Morgan fingerprint density at radius 2 is 1.88 bits per heavy atom. The van der Waals surface area contributed by atoms with Gasteiger partial charge in [-0.2, -0.15) is 0 Å². The van der Waals surface area contributed by atoms with E-state index in [1.807, 2.05) is 0 Å². The summed E-state index contributed by atoms with van der Waals surface area (Å²) >= 11 is 6.11. The van der Waals surface area contributed by atoms with E-state index < -0.39 is 26.0 Å². The third-order valence-electron chi connectivity index (χ3n) is 5.42. The molecule has 1 fully saturated rings. The molecule has 0 saturated carbocycles. The largest absolute Gasteiger partial charge is 0.326 e. The van der Waals surface area contributed by atoms with Crippen LogP contribution in [0.15, 0.2) is 48.5 Å². The molecule has 11 heteroatoms. The van der Waals surface area contributed by atoms with E-state index in [0.717, 1.165) is 10.6 Å². The van der Waals surface area contributed by atoms with E-state index in [0.29, 0.717) is 41.3 Å². The smallest absolute Gasteiger partial charge is 0.231 e. The zero-order valence-electron chi connectivity index (χ0n) is 17.9. The number of hydrogen-bond donors (Lipinski definition) is 1. The van der Waals surface area contributed by atoms with Gasteiger partial charge in [0, 0.05) is 30.8 Å². The maximum absolute atomic E-state index is 12.9. The summed E-state index contributed by atoms with van der Waals surface area (Å²) in [5.41, 5.74) is 1.38. The van der Waals surface area contributed by atoms with Crippen LogP contribution in [-0.4, -0.2) is 53.4 Å². The predicted octanol–water partition coefficient (Wildman–Crippen LogP) is 2.92. The summed E-state index contributed by atoms with van der Waals surface area (Å²) in [5.74, 6) is -1.04. The van der Waals surface area contributed by atoms with Crippen molar-refractivity contribution >= 4 is 48.9 Å². The molecule has 3 rings (SSSR count). The van der Waals surface area contributed by atoms with Crippen LogP contribution in [0.2, 0.25) is 5.02 Å². The highest BCUT2D eigenvalue weighted by Crippen LogP contribution is 2.26. The number of anilines is 2. The van der Waals surface area contributed by atoms with E-state index >= 15 is 0 Å². The number of piperidine rings is 1. The summed E-state index contributed by atoms with van der Waals surface area (Å²) in [5, 5.41) is 3.18. The maximum Gasteiger partial charge on any atom is 0.231 e. The van der Waals surface area contributed by atoms with Crippen molar-refractivity contribution < 1.29 is 21.6 Å². The highest BCUT2D eigenvalue weighted by molar-refractivity contribution is 7.92. The van der Waals surface area contributed by atoms with E-state index in [-0.39, 0.29) is 18.2 Å². The standard InChI is InChI=1S/C21H26ClN3O5S2/c1-24(31(2,27)28)19-10-5-9-18(13-19)23-21(26)16-8-6-12-25(14-16)32(29,30)15-17-7-3-4-11-20(17)22/h3-5,7,9-11,13,16H,6,8,12,14-15H2,1-2H3,(H,23,26)/t16-/m0/s1. The normalized spacial score (nSPS) is 17.7. The molecule has 0 radical (unpaired) electrons. The number of amides is 1. The van der Waals surface area contributed by atoms with Crippen molar-refractivity contribution in [1.82, 2.24) is 4.31 Å². The minimum Gasteiger partial charge on any atom is -0.326 e. The number of benzene rings is 2. The average Bonchev–Trinajstić information content (AvgIpc) is 2.74. The van der Waals surface area contributed by atoms with Crippen molar-refractivity contribution in [2.24, 2.45) is 5.92 Å². The molecule has 0 spiro atoms. The van der Waals surface area contributed by atoms with Crippen LogP contribution in [0.1, 0.15) is 18.4 Å². The fourth-order valence-corrected chi connectivity index (χ4v) is 5.95. The highest BCUT2D eigenvalue weighted by atomic mass is 35.5. The van der Waals surface area contributed by atoms with Crippen LogP contribution in [0, 0.1) is 5.92 Å². The third kappa shape index (κ3) is 6.00. The topological polar surface area (TPSA) is 104 Å². The lowest BCUT2D eigenvalue weighted by Gasteiger charge is -2.31. The molecule has 1 aliphatic heterocycles. The second-order valence-corrected chi connectivity index (χ2v) is 12.2. The van der Waals surface area contributed by atoms with Crippen molar-refractivity contribution in [2.45, 2.75) is 18.6 Å². The minimum atomic E-state index is -3.64. The molecule has 174 valence electrons. The average molecular weight is 500 g/mol. The first-order valence-electron chi connectivity index (χ1n) is 10.0. The van der Waals surface area contributed by atoms with E-state index in [2.05, 4.69) is 5.32 Å². The van der Waals surface area contributed by atoms with Crippen LogP contribution in [0.4, 0.5) is 11.4 Å². The van der Waals surface area contributed by atoms with Crippen LogP contribution in [0.25, 0.3) is 0 Å². The van der Waals surface area contributed by atoms with Crippen molar-refractivity contribution in [2.75, 3.05) is 36.0 Å². The number of carbonyl (C=O) groups is 1. The summed E-state index contributed by atoms with van der Waals surface area (Å²) in [7, 11) is -5.64. The third-order valence-corrected chi connectivity index (χ3v) is 8.79. The van der Waals surface area contributed by atoms with Gasteiger partial charge in [-0.15, -0.1) is 0 Å². The molecule has 8 nitrogen and oxygen atoms in total. The maximum atomic E-state index is 12.9. The summed E-state index contributed by atoms with van der Waals surface area (Å²) in [6, 6.07) is 13.3. The lowest BCUT2D eigenvalue weighted by Crippen LogP contribution is -2.44. The monoisotopic (exact) mass is 499 g/mol. The molecule has 2 aromatic carbocycles. The summed E-state index contributed by atoms with van der Waals surface area (Å²) in [6.45, 7) is 0.437. The second kappa shape index (κ2) is 9.78. The van der Waals surface area contributed by atoms with Crippen molar-refractivity contribution in [3.05, 3.63) is 59.1 Å². The van der Waals surface area contributed by atoms with Crippen LogP contribution >= 0.6 is 11.6 Å². The predicted molar refractivity (Wildman–Crippen MR) is 127 cm³/mol. The van der Waals surface area contributed by atoms with Gasteiger partial charge in [0.1, 0.15) is 0 Å². The van der Waals surface area contributed by atoms with Crippen molar-refractivity contribution in [3.8, 4) is 0 Å². The molecule has 0 aromatic heterocycles. The van der Waals surface area contributed by atoms with Gasteiger partial charge in [-0.1, -0.05) is 35.9 Å². The van der Waals surface area contributed by atoms with Crippen LogP contribution in [-0.2, 0) is 30.6 Å². The van der Waals surface area contributed by atoms with Crippen molar-refractivity contribution in [1.29, 1.82) is 0 Å². The Bertz CT molecular complexity index is 1200. The van der Waals surface area contributed by atoms with Gasteiger partial charge in [-0.05, 0) is 42.7 Å². The van der Waals surface area contributed by atoms with E-state index in [1.165, 1.54) is 11.4 Å². The number of sulfonamides is 2. The molecule has 1 N–H and O–H groups in total. The highest BCUT2D eigenvalue weighted by Gasteiger charge is 2.32. The lowest BCUT2D eigenvalue weighted by atomic mass is 9.98. The quantitative estimate of drug-likeness (QED) is 0.630. The SMILES string of the molecule is CN(c1cccc(NC(=O)[C@H]2CCCN(S(=O)(=O)Cc3ccccc3Cl)C2)c1)S(C)(=O)=O. The molecular weight excluding hydrogens is 474 g/mol. The van der Waals surface area contributed by atoms with Gasteiger partial charge >= 0.3 is 0 Å². The zero-order valence-corrected chi connectivity index (χ0v) is 20.3. The Labute approximate surface area is 194 Å². The van der Waals surface area contributed by atoms with Gasteiger partial charge in [-0.25, -0.2) is 21.1 Å². The molecule has 1 heterocycles. The molecule has 1 aliphatic rings. The Morgan fingerprint density at radius 3 is 2.56 bits per heavy atom. The number of carbonyl (C=O) groups excluding carboxylic acids is 1. The van der Waals surface area contributed by atoms with Crippen molar-refractivity contribution in [3.63, 3.8) is 0 Å². The molecule has 1 saturated heterocycles. The molecule has 0 unspecified atom stereocenters. The van der Waals surface area contributed by atoms with Gasteiger partial charge in [0.2, 0.25) is 26.0 Å². The van der Waals surface area contributed by atoms with Gasteiger partial charge in [0.15, 0.2) is 0 Å². The Balaban J connectivity index is 1.69. The molecule has 1 amide bonds. The van der Waals surface area contributed by atoms with Crippen LogP contribution in [0.3, 0.4) is 0 Å². The number of rotatable bonds is 7. The molecule has 2 aromatic rings. The summed E-state index contributed by atoms with van der Waals surface area (Å²) < 4.78 is 51.8. The molecule has 0 aliphatic carbocycles. The van der Waals surface area contributed by atoms with Crippen LogP contribution in [0.5, 0.6) is 0 Å². The molecule has 0 bridgehead atoms. The second-order valence-electron chi connectivity index (χ2n) is 7.81. The number of hydrogen-bond acceptors (Lipinski definition) is 5.